The summed E-state index contributed by atoms with van der Waals surface area (Å²) in [6, 6.07) is 3.96. The predicted octanol–water partition coefficient (Wildman–Crippen LogP) is 3.85. The molecule has 1 aromatic carbocycles. The van der Waals surface area contributed by atoms with Crippen molar-refractivity contribution in [1.82, 2.24) is 4.90 Å². The number of phenols is 1. The van der Waals surface area contributed by atoms with Crippen LogP contribution in [0.2, 0.25) is 0 Å². The second kappa shape index (κ2) is 7.10. The van der Waals surface area contributed by atoms with Gasteiger partial charge in [0.05, 0.1) is 25.2 Å². The lowest BCUT2D eigenvalue weighted by Gasteiger charge is -2.51. The number of carbonyl (C=O) groups excluding carboxylic acids is 1. The Balaban J connectivity index is 1.23. The summed E-state index contributed by atoms with van der Waals surface area (Å²) in [5.74, 6) is 1.48. The van der Waals surface area contributed by atoms with Crippen LogP contribution in [0.3, 0.4) is 0 Å². The Morgan fingerprint density at radius 2 is 2.12 bits per heavy atom. The van der Waals surface area contributed by atoms with Gasteiger partial charge in [0.1, 0.15) is 6.10 Å². The van der Waals surface area contributed by atoms with Crippen molar-refractivity contribution in [2.75, 3.05) is 26.8 Å². The van der Waals surface area contributed by atoms with Gasteiger partial charge in [-0.25, -0.2) is 0 Å². The molecule has 5 aliphatic rings. The molecule has 6 rings (SSSR count). The van der Waals surface area contributed by atoms with E-state index in [2.05, 4.69) is 18.7 Å². The van der Waals surface area contributed by atoms with Crippen LogP contribution >= 0.6 is 0 Å². The average molecular weight is 442 g/mol. The summed E-state index contributed by atoms with van der Waals surface area (Å²) in [6.07, 6.45) is 6.60. The standard InChI is InChI=1S/C26H35NO5/c1-15-17-10-21(30-3)20(28)9-16(17)5-8-27(15)13-19-18-11-23-25(2,12-22(18)32-24(19)29)6-4-7-26(23)14-31-26/h9-10,15,18-19,22-23,28H,4-8,11-14H2,1-3H3/t15-,18-,19-,22-,23-,25-,26+/m1/s1. The molecule has 32 heavy (non-hydrogen) atoms. The maximum absolute atomic E-state index is 13.1. The quantitative estimate of drug-likeness (QED) is 0.568. The van der Waals surface area contributed by atoms with E-state index in [1.54, 1.807) is 7.11 Å². The van der Waals surface area contributed by atoms with Gasteiger partial charge >= 0.3 is 5.97 Å². The van der Waals surface area contributed by atoms with Crippen LogP contribution < -0.4 is 4.74 Å². The molecule has 2 aliphatic carbocycles. The van der Waals surface area contributed by atoms with Crippen molar-refractivity contribution in [3.8, 4) is 11.5 Å². The van der Waals surface area contributed by atoms with Crippen molar-refractivity contribution in [1.29, 1.82) is 0 Å². The highest BCUT2D eigenvalue weighted by Crippen LogP contribution is 2.63. The number of fused-ring (bicyclic) bond motifs is 4. The molecule has 0 unspecified atom stereocenters. The third-order valence-corrected chi connectivity index (χ3v) is 9.62. The summed E-state index contributed by atoms with van der Waals surface area (Å²) in [5.41, 5.74) is 2.68. The number of phenolic OH excluding ortho intramolecular Hbond substituents is 1. The number of esters is 1. The normalized spacial score (nSPS) is 42.7. The zero-order valence-corrected chi connectivity index (χ0v) is 19.4. The minimum atomic E-state index is -0.0645. The number of rotatable bonds is 3. The number of nitrogens with zero attached hydrogens (tertiary/aromatic N) is 1. The molecule has 0 radical (unpaired) electrons. The first-order valence-electron chi connectivity index (χ1n) is 12.3. The van der Waals surface area contributed by atoms with Gasteiger partial charge in [-0.1, -0.05) is 6.92 Å². The second-order valence-electron chi connectivity index (χ2n) is 11.2. The van der Waals surface area contributed by atoms with Crippen molar-refractivity contribution < 1.29 is 24.1 Å². The fourth-order valence-electron chi connectivity index (χ4n) is 7.72. The van der Waals surface area contributed by atoms with E-state index in [-0.39, 0.29) is 40.8 Å². The largest absolute Gasteiger partial charge is 0.504 e. The molecule has 0 bridgehead atoms. The Morgan fingerprint density at radius 3 is 2.88 bits per heavy atom. The molecular formula is C26H35NO5. The number of ether oxygens (including phenoxy) is 3. The minimum absolute atomic E-state index is 0.00528. The number of carbonyl (C=O) groups is 1. The molecule has 7 atom stereocenters. The first-order chi connectivity index (χ1) is 15.3. The molecule has 1 N–H and O–H groups in total. The molecule has 3 heterocycles. The minimum Gasteiger partial charge on any atom is -0.504 e. The Hall–Kier alpha value is -1.79. The van der Waals surface area contributed by atoms with Gasteiger partial charge in [-0.2, -0.15) is 0 Å². The summed E-state index contributed by atoms with van der Waals surface area (Å²) < 4.78 is 17.4. The summed E-state index contributed by atoms with van der Waals surface area (Å²) >= 11 is 0. The molecule has 2 saturated heterocycles. The molecule has 6 nitrogen and oxygen atoms in total. The first kappa shape index (κ1) is 20.8. The molecule has 0 aromatic heterocycles. The van der Waals surface area contributed by atoms with Crippen LogP contribution in [-0.4, -0.2) is 54.5 Å². The number of aromatic hydroxyl groups is 1. The van der Waals surface area contributed by atoms with Crippen LogP contribution in [0, 0.1) is 23.2 Å². The van der Waals surface area contributed by atoms with Crippen LogP contribution in [0.5, 0.6) is 11.5 Å². The molecular weight excluding hydrogens is 406 g/mol. The predicted molar refractivity (Wildman–Crippen MR) is 119 cm³/mol. The SMILES string of the molecule is COc1cc2c(cc1O)CCN(C[C@H]1C(=O)O[C@@H]3C[C@@]4(C)CCC[C@]5(CO5)[C@@H]4C[C@@H]31)[C@@H]2C. The number of hydrogen-bond donors (Lipinski definition) is 1. The van der Waals surface area contributed by atoms with Gasteiger partial charge in [0.25, 0.3) is 0 Å². The van der Waals surface area contributed by atoms with Crippen molar-refractivity contribution in [3.63, 3.8) is 0 Å². The summed E-state index contributed by atoms with van der Waals surface area (Å²) in [5, 5.41) is 10.2. The van der Waals surface area contributed by atoms with Crippen molar-refractivity contribution in [3.05, 3.63) is 23.3 Å². The van der Waals surface area contributed by atoms with Gasteiger partial charge in [-0.3, -0.25) is 9.69 Å². The molecule has 1 spiro atoms. The molecule has 0 amide bonds. The third kappa shape index (κ3) is 3.02. The smallest absolute Gasteiger partial charge is 0.310 e. The van der Waals surface area contributed by atoms with E-state index >= 15 is 0 Å². The van der Waals surface area contributed by atoms with Crippen LogP contribution in [0.1, 0.15) is 63.1 Å². The Kier molecular flexibility index (Phi) is 4.61. The summed E-state index contributed by atoms with van der Waals surface area (Å²) in [6.45, 7) is 7.12. The fraction of sp³-hybridized carbons (Fsp3) is 0.731. The van der Waals surface area contributed by atoms with E-state index in [1.807, 2.05) is 12.1 Å². The molecule has 6 heteroatoms. The summed E-state index contributed by atoms with van der Waals surface area (Å²) in [7, 11) is 1.58. The van der Waals surface area contributed by atoms with E-state index < -0.39 is 0 Å². The lowest BCUT2D eigenvalue weighted by molar-refractivity contribution is -0.147. The Morgan fingerprint density at radius 1 is 1.31 bits per heavy atom. The van der Waals surface area contributed by atoms with Crippen molar-refractivity contribution in [2.24, 2.45) is 23.2 Å². The van der Waals surface area contributed by atoms with Gasteiger partial charge in [-0.05, 0) is 80.0 Å². The number of methoxy groups -OCH3 is 1. The van der Waals surface area contributed by atoms with Crippen LogP contribution in [0.25, 0.3) is 0 Å². The second-order valence-corrected chi connectivity index (χ2v) is 11.2. The van der Waals surface area contributed by atoms with Crippen LogP contribution in [0.4, 0.5) is 0 Å². The Labute approximate surface area is 190 Å². The molecule has 2 saturated carbocycles. The van der Waals surface area contributed by atoms with Crippen molar-refractivity contribution >= 4 is 5.97 Å². The lowest BCUT2D eigenvalue weighted by atomic mass is 9.53. The fourth-order valence-corrected chi connectivity index (χ4v) is 7.72. The zero-order valence-electron chi connectivity index (χ0n) is 19.4. The molecule has 4 fully saturated rings. The number of epoxide rings is 1. The number of hydrogen-bond acceptors (Lipinski definition) is 6. The van der Waals surface area contributed by atoms with E-state index in [0.717, 1.165) is 39.0 Å². The van der Waals surface area contributed by atoms with Crippen molar-refractivity contribution in [2.45, 2.75) is 70.1 Å². The zero-order chi connectivity index (χ0) is 22.3. The Bertz CT molecular complexity index is 942. The van der Waals surface area contributed by atoms with Gasteiger partial charge in [-0.15, -0.1) is 0 Å². The maximum atomic E-state index is 13.1. The topological polar surface area (TPSA) is 71.5 Å². The monoisotopic (exact) mass is 441 g/mol. The summed E-state index contributed by atoms with van der Waals surface area (Å²) in [4.78, 5) is 15.5. The molecule has 1 aromatic rings. The highest BCUT2D eigenvalue weighted by Gasteiger charge is 2.65. The number of benzene rings is 1. The van der Waals surface area contributed by atoms with E-state index in [9.17, 15) is 9.90 Å². The maximum Gasteiger partial charge on any atom is 0.310 e. The van der Waals surface area contributed by atoms with Gasteiger partial charge in [0.15, 0.2) is 11.5 Å². The van der Waals surface area contributed by atoms with Gasteiger partial charge < -0.3 is 19.3 Å². The highest BCUT2D eigenvalue weighted by atomic mass is 16.6. The van der Waals surface area contributed by atoms with E-state index in [0.29, 0.717) is 17.6 Å². The van der Waals surface area contributed by atoms with Crippen LogP contribution in [0.15, 0.2) is 12.1 Å². The van der Waals surface area contributed by atoms with E-state index in [4.69, 9.17) is 14.2 Å². The van der Waals surface area contributed by atoms with Crippen LogP contribution in [-0.2, 0) is 20.7 Å². The van der Waals surface area contributed by atoms with Gasteiger partial charge in [0.2, 0.25) is 0 Å². The average Bonchev–Trinajstić information content (AvgIpc) is 3.46. The van der Waals surface area contributed by atoms with E-state index in [1.165, 1.54) is 30.4 Å². The third-order valence-electron chi connectivity index (χ3n) is 9.62. The van der Waals surface area contributed by atoms with Gasteiger partial charge in [0, 0.05) is 25.0 Å². The molecule has 3 aliphatic heterocycles. The molecule has 174 valence electrons. The highest BCUT2D eigenvalue weighted by molar-refractivity contribution is 5.75. The lowest BCUT2D eigenvalue weighted by Crippen LogP contribution is -2.51. The first-order valence-corrected chi connectivity index (χ1v) is 12.3.